The molecule has 0 radical (unpaired) electrons. The summed E-state index contributed by atoms with van der Waals surface area (Å²) >= 11 is 0. The van der Waals surface area contributed by atoms with Gasteiger partial charge in [0.15, 0.2) is 11.5 Å². The molecule has 1 heterocycles. The summed E-state index contributed by atoms with van der Waals surface area (Å²) in [6, 6.07) is 15.0. The Hall–Kier alpha value is -2.49. The molecule has 2 aromatic rings. The summed E-state index contributed by atoms with van der Waals surface area (Å²) in [7, 11) is 0. The second-order valence-electron chi connectivity index (χ2n) is 5.51. The van der Waals surface area contributed by atoms with Gasteiger partial charge >= 0.3 is 0 Å². The molecule has 4 nitrogen and oxygen atoms in total. The Morgan fingerprint density at radius 1 is 1.05 bits per heavy atom. The quantitative estimate of drug-likeness (QED) is 0.940. The Morgan fingerprint density at radius 3 is 2.52 bits per heavy atom. The Balaban J connectivity index is 1.84. The zero-order chi connectivity index (χ0) is 14.9. The predicted octanol–water partition coefficient (Wildman–Crippen LogP) is 3.33. The third-order valence-corrected chi connectivity index (χ3v) is 3.69. The van der Waals surface area contributed by atoms with E-state index in [4.69, 9.17) is 9.47 Å². The molecule has 1 aliphatic heterocycles. The molecule has 0 unspecified atom stereocenters. The minimum atomic E-state index is -0.670. The van der Waals surface area contributed by atoms with E-state index in [1.54, 1.807) is 0 Å². The van der Waals surface area contributed by atoms with Crippen molar-refractivity contribution in [1.82, 2.24) is 0 Å². The Labute approximate surface area is 123 Å². The maximum Gasteiger partial charge on any atom is 0.234 e. The highest BCUT2D eigenvalue weighted by molar-refractivity contribution is 5.98. The van der Waals surface area contributed by atoms with Crippen LogP contribution in [0.5, 0.6) is 11.5 Å². The van der Waals surface area contributed by atoms with Crippen molar-refractivity contribution in [2.75, 3.05) is 12.1 Å². The lowest BCUT2D eigenvalue weighted by molar-refractivity contribution is -0.120. The van der Waals surface area contributed by atoms with E-state index in [0.717, 1.165) is 17.0 Å². The minimum Gasteiger partial charge on any atom is -0.454 e. The van der Waals surface area contributed by atoms with Gasteiger partial charge in [-0.25, -0.2) is 0 Å². The fourth-order valence-electron chi connectivity index (χ4n) is 2.23. The lowest BCUT2D eigenvalue weighted by Gasteiger charge is -2.24. The Morgan fingerprint density at radius 2 is 1.76 bits per heavy atom. The van der Waals surface area contributed by atoms with Gasteiger partial charge in [-0.05, 0) is 43.7 Å². The van der Waals surface area contributed by atoms with Crippen molar-refractivity contribution in [1.29, 1.82) is 0 Å². The number of hydrogen-bond acceptors (Lipinski definition) is 3. The van der Waals surface area contributed by atoms with Gasteiger partial charge in [0, 0.05) is 5.69 Å². The average Bonchev–Trinajstić information content (AvgIpc) is 2.95. The van der Waals surface area contributed by atoms with E-state index in [1.807, 2.05) is 62.4 Å². The largest absolute Gasteiger partial charge is 0.454 e. The highest BCUT2D eigenvalue weighted by Gasteiger charge is 2.31. The predicted molar refractivity (Wildman–Crippen MR) is 80.7 cm³/mol. The van der Waals surface area contributed by atoms with E-state index in [-0.39, 0.29) is 12.7 Å². The standard InChI is InChI=1S/C17H17NO3/c1-17(2,16(19)18-13-6-4-3-5-7-13)12-8-9-14-15(10-12)21-11-20-14/h3-10H,11H2,1-2H3,(H,18,19). The molecule has 21 heavy (non-hydrogen) atoms. The molecule has 1 N–H and O–H groups in total. The molecule has 0 spiro atoms. The first kappa shape index (κ1) is 13.5. The number of amides is 1. The van der Waals surface area contributed by atoms with Crippen molar-refractivity contribution in [2.24, 2.45) is 0 Å². The number of fused-ring (bicyclic) bond motifs is 1. The van der Waals surface area contributed by atoms with Crippen LogP contribution < -0.4 is 14.8 Å². The number of para-hydroxylation sites is 1. The molecule has 0 fully saturated rings. The number of anilines is 1. The summed E-state index contributed by atoms with van der Waals surface area (Å²) in [5, 5.41) is 2.94. The Bertz CT molecular complexity index is 665. The molecule has 0 aromatic heterocycles. The average molecular weight is 283 g/mol. The van der Waals surface area contributed by atoms with E-state index in [9.17, 15) is 4.79 Å². The van der Waals surface area contributed by atoms with Crippen LogP contribution in [0.4, 0.5) is 5.69 Å². The van der Waals surface area contributed by atoms with E-state index in [1.165, 1.54) is 0 Å². The number of ether oxygens (including phenoxy) is 2. The third-order valence-electron chi connectivity index (χ3n) is 3.69. The SMILES string of the molecule is CC(C)(C(=O)Nc1ccccc1)c1ccc2c(c1)OCO2. The monoisotopic (exact) mass is 283 g/mol. The van der Waals surface area contributed by atoms with Crippen LogP contribution in [0.2, 0.25) is 0 Å². The molecule has 0 atom stereocenters. The van der Waals surface area contributed by atoms with Crippen LogP contribution in [0.15, 0.2) is 48.5 Å². The van der Waals surface area contributed by atoms with Gasteiger partial charge in [-0.2, -0.15) is 0 Å². The second-order valence-corrected chi connectivity index (χ2v) is 5.51. The maximum atomic E-state index is 12.6. The van der Waals surface area contributed by atoms with Crippen molar-refractivity contribution in [3.05, 3.63) is 54.1 Å². The number of carbonyl (C=O) groups is 1. The van der Waals surface area contributed by atoms with Crippen LogP contribution in [-0.4, -0.2) is 12.7 Å². The highest BCUT2D eigenvalue weighted by Crippen LogP contribution is 2.36. The first-order chi connectivity index (χ1) is 10.1. The second kappa shape index (κ2) is 5.13. The molecule has 4 heteroatoms. The molecular weight excluding hydrogens is 266 g/mol. The maximum absolute atomic E-state index is 12.6. The van der Waals surface area contributed by atoms with E-state index in [0.29, 0.717) is 5.75 Å². The highest BCUT2D eigenvalue weighted by atomic mass is 16.7. The van der Waals surface area contributed by atoms with Crippen molar-refractivity contribution < 1.29 is 14.3 Å². The van der Waals surface area contributed by atoms with Crippen LogP contribution in [0, 0.1) is 0 Å². The summed E-state index contributed by atoms with van der Waals surface area (Å²) in [4.78, 5) is 12.6. The molecule has 108 valence electrons. The van der Waals surface area contributed by atoms with Crippen molar-refractivity contribution in [2.45, 2.75) is 19.3 Å². The lowest BCUT2D eigenvalue weighted by Crippen LogP contribution is -2.34. The van der Waals surface area contributed by atoms with Crippen molar-refractivity contribution >= 4 is 11.6 Å². The van der Waals surface area contributed by atoms with Crippen LogP contribution >= 0.6 is 0 Å². The zero-order valence-corrected chi connectivity index (χ0v) is 12.1. The van der Waals surface area contributed by atoms with Gasteiger partial charge < -0.3 is 14.8 Å². The fraction of sp³-hybridized carbons (Fsp3) is 0.235. The number of rotatable bonds is 3. The zero-order valence-electron chi connectivity index (χ0n) is 12.1. The number of benzene rings is 2. The van der Waals surface area contributed by atoms with Gasteiger partial charge in [-0.3, -0.25) is 4.79 Å². The summed E-state index contributed by atoms with van der Waals surface area (Å²) in [6.07, 6.45) is 0. The molecule has 0 saturated heterocycles. The summed E-state index contributed by atoms with van der Waals surface area (Å²) in [5.41, 5.74) is 1.01. The summed E-state index contributed by atoms with van der Waals surface area (Å²) in [6.45, 7) is 4.01. The van der Waals surface area contributed by atoms with E-state index >= 15 is 0 Å². The van der Waals surface area contributed by atoms with Crippen LogP contribution in [0.1, 0.15) is 19.4 Å². The molecule has 0 aliphatic carbocycles. The molecular formula is C17H17NO3. The van der Waals surface area contributed by atoms with Crippen LogP contribution in [0.3, 0.4) is 0 Å². The molecule has 3 rings (SSSR count). The normalized spacial score (nSPS) is 13.0. The van der Waals surface area contributed by atoms with Gasteiger partial charge in [-0.15, -0.1) is 0 Å². The molecule has 0 saturated carbocycles. The molecule has 2 aromatic carbocycles. The number of hydrogen-bond donors (Lipinski definition) is 1. The van der Waals surface area contributed by atoms with E-state index < -0.39 is 5.41 Å². The Kier molecular flexibility index (Phi) is 3.29. The summed E-state index contributed by atoms with van der Waals surface area (Å²) < 4.78 is 10.7. The first-order valence-electron chi connectivity index (χ1n) is 6.84. The lowest BCUT2D eigenvalue weighted by atomic mass is 9.83. The third kappa shape index (κ3) is 2.57. The fourth-order valence-corrected chi connectivity index (χ4v) is 2.23. The van der Waals surface area contributed by atoms with Gasteiger partial charge in [0.05, 0.1) is 5.41 Å². The van der Waals surface area contributed by atoms with Crippen molar-refractivity contribution in [3.63, 3.8) is 0 Å². The summed E-state index contributed by atoms with van der Waals surface area (Å²) in [5.74, 6) is 1.35. The van der Waals surface area contributed by atoms with Gasteiger partial charge in [-0.1, -0.05) is 24.3 Å². The smallest absolute Gasteiger partial charge is 0.234 e. The van der Waals surface area contributed by atoms with Crippen LogP contribution in [0.25, 0.3) is 0 Å². The van der Waals surface area contributed by atoms with Gasteiger partial charge in [0.2, 0.25) is 12.7 Å². The first-order valence-corrected chi connectivity index (χ1v) is 6.84. The molecule has 0 bridgehead atoms. The molecule has 1 aliphatic rings. The topological polar surface area (TPSA) is 47.6 Å². The number of carbonyl (C=O) groups excluding carboxylic acids is 1. The molecule has 1 amide bonds. The van der Waals surface area contributed by atoms with E-state index in [2.05, 4.69) is 5.32 Å². The van der Waals surface area contributed by atoms with Crippen molar-refractivity contribution in [3.8, 4) is 11.5 Å². The van der Waals surface area contributed by atoms with Gasteiger partial charge in [0.25, 0.3) is 0 Å². The number of nitrogens with one attached hydrogen (secondary N) is 1. The minimum absolute atomic E-state index is 0.0624. The van der Waals surface area contributed by atoms with Crippen LogP contribution in [-0.2, 0) is 10.2 Å². The van der Waals surface area contributed by atoms with Gasteiger partial charge in [0.1, 0.15) is 0 Å².